The maximum atomic E-state index is 7.50. The molecule has 0 aliphatic carbocycles. The third kappa shape index (κ3) is 13.8. The Labute approximate surface area is 196 Å². The molecule has 2 rings (SSSR count). The number of hydrogen-bond donors (Lipinski definition) is 0. The smallest absolute Gasteiger partial charge is 0 e. The van der Waals surface area contributed by atoms with E-state index in [2.05, 4.69) is 102 Å². The summed E-state index contributed by atoms with van der Waals surface area (Å²) in [6.45, 7) is 38.0. The van der Waals surface area contributed by atoms with Gasteiger partial charge in [0.25, 0.3) is 0 Å². The van der Waals surface area contributed by atoms with Crippen LogP contribution in [0.5, 0.6) is 0 Å². The van der Waals surface area contributed by atoms with Crippen molar-refractivity contribution in [2.24, 2.45) is 0 Å². The van der Waals surface area contributed by atoms with Crippen LogP contribution in [-0.2, 0) is 44.3 Å². The fraction of sp³-hybridized carbons (Fsp3) is 0.500. The van der Waals surface area contributed by atoms with Crippen molar-refractivity contribution in [3.8, 4) is 0 Å². The average Bonchev–Trinajstić information content (AvgIpc) is 3.08. The fourth-order valence-corrected chi connectivity index (χ4v) is 25.3. The quantitative estimate of drug-likeness (QED) is 0.149. The summed E-state index contributed by atoms with van der Waals surface area (Å²) in [5.41, 5.74) is 0. The van der Waals surface area contributed by atoms with Crippen molar-refractivity contribution < 1.29 is 44.3 Å². The molecule has 0 bridgehead atoms. The first-order valence-corrected chi connectivity index (χ1v) is 17.2. The molecule has 0 spiro atoms. The zero-order valence-electron chi connectivity index (χ0n) is 17.6. The second-order valence-electron chi connectivity index (χ2n) is 7.48. The van der Waals surface area contributed by atoms with E-state index in [1.807, 2.05) is 11.3 Å². The SMILES string of the molecule is CN1[C@@H](c2cccs2)[P@]1C([Si](C)(C)C)[Si](C)(C)C.[C-]#[O+].[C-]#[O+].[C-]#[O+].[C-]#[O+].[C-]#[O+].[W]. The van der Waals surface area contributed by atoms with E-state index in [4.69, 9.17) is 23.3 Å². The van der Waals surface area contributed by atoms with Crippen LogP contribution in [0.4, 0.5) is 0 Å². The summed E-state index contributed by atoms with van der Waals surface area (Å²) in [5.74, 6) is 0.781. The van der Waals surface area contributed by atoms with Gasteiger partial charge >= 0.3 is 56.5 Å². The first-order valence-electron chi connectivity index (χ1n) is 7.70. The summed E-state index contributed by atoms with van der Waals surface area (Å²) in [6.07, 6.45) is 0. The van der Waals surface area contributed by atoms with Crippen LogP contribution in [0.3, 0.4) is 0 Å². The minimum atomic E-state index is -1.07. The van der Waals surface area contributed by atoms with E-state index < -0.39 is 16.1 Å². The topological polar surface area (TPSA) is 103 Å². The molecule has 1 aromatic heterocycles. The molecule has 1 unspecified atom stereocenters. The van der Waals surface area contributed by atoms with Gasteiger partial charge in [0.2, 0.25) is 0 Å². The van der Waals surface area contributed by atoms with Crippen molar-refractivity contribution in [3.63, 3.8) is 0 Å². The van der Waals surface area contributed by atoms with Gasteiger partial charge in [0.1, 0.15) is 0 Å². The normalized spacial score (nSPS) is 18.2. The maximum absolute atomic E-state index is 7.50. The van der Waals surface area contributed by atoms with E-state index in [0.29, 0.717) is 0 Å². The Bertz CT molecular complexity index is 573. The van der Waals surface area contributed by atoms with Crippen molar-refractivity contribution in [1.29, 1.82) is 0 Å². The second kappa shape index (κ2) is 21.2. The van der Waals surface area contributed by atoms with Crippen LogP contribution >= 0.6 is 19.4 Å². The minimum absolute atomic E-state index is 0. The standard InChI is InChI=1S/C13H26NPSSi2.5CO.W/c1-14-12(11-9-8-10-16-11)15(14)13(17(2,3)4)18(5,6)7;5*1-2;/h8-10,12-13H,1-7H3;;;;;;/t12-,14?,15-;;;;;;/m1....../s1. The Morgan fingerprint density at radius 1 is 0.862 bits per heavy atom. The van der Waals surface area contributed by atoms with E-state index in [1.54, 1.807) is 4.88 Å². The predicted octanol–water partition coefficient (Wildman–Crippen LogP) is 5.02. The van der Waals surface area contributed by atoms with E-state index in [9.17, 15) is 0 Å². The summed E-state index contributed by atoms with van der Waals surface area (Å²) in [4.78, 5) is 2.65. The molecule has 158 valence electrons. The van der Waals surface area contributed by atoms with Gasteiger partial charge in [-0.15, -0.1) is 11.3 Å². The Kier molecular flexibility index (Phi) is 28.7. The van der Waals surface area contributed by atoms with Gasteiger partial charge < -0.3 is 0 Å². The molecular formula is C18H26NO5PSSi2W. The summed E-state index contributed by atoms with van der Waals surface area (Å²) in [6, 6.07) is 4.54. The number of thiophene rings is 1. The van der Waals surface area contributed by atoms with Gasteiger partial charge in [0, 0.05) is 25.9 Å². The summed E-state index contributed by atoms with van der Waals surface area (Å²) >= 11 is 1.95. The minimum Gasteiger partial charge on any atom is 0 e. The zero-order chi connectivity index (χ0) is 23.7. The number of hydrogen-bond acceptors (Lipinski definition) is 2. The third-order valence-corrected chi connectivity index (χ3v) is 21.8. The van der Waals surface area contributed by atoms with Gasteiger partial charge in [0.05, 0.1) is 21.9 Å². The van der Waals surface area contributed by atoms with E-state index in [-0.39, 0.29) is 29.1 Å². The Morgan fingerprint density at radius 3 is 1.45 bits per heavy atom. The largest absolute Gasteiger partial charge is 0 e. The number of nitrogens with zero attached hydrogens (tertiary/aromatic N) is 1. The van der Waals surface area contributed by atoms with Gasteiger partial charge in [-0.1, -0.05) is 45.3 Å². The zero-order valence-corrected chi connectivity index (χ0v) is 24.3. The molecule has 11 heteroatoms. The molecule has 0 saturated carbocycles. The first-order chi connectivity index (χ1) is 13.1. The predicted molar refractivity (Wildman–Crippen MR) is 112 cm³/mol. The van der Waals surface area contributed by atoms with E-state index >= 15 is 0 Å². The molecule has 1 aromatic rings. The monoisotopic (exact) mass is 639 g/mol. The first kappa shape index (κ1) is 39.4. The van der Waals surface area contributed by atoms with Crippen LogP contribution in [0, 0.1) is 33.3 Å². The van der Waals surface area contributed by atoms with Crippen molar-refractivity contribution in [2.45, 2.75) is 50.0 Å². The third-order valence-electron chi connectivity index (χ3n) is 3.62. The fourth-order valence-electron chi connectivity index (χ4n) is 3.44. The van der Waals surface area contributed by atoms with Crippen LogP contribution in [0.15, 0.2) is 17.5 Å². The van der Waals surface area contributed by atoms with Crippen LogP contribution in [0.2, 0.25) is 39.3 Å². The van der Waals surface area contributed by atoms with Crippen LogP contribution in [0.25, 0.3) is 0 Å². The molecule has 1 saturated heterocycles. The number of rotatable bonds is 4. The van der Waals surface area contributed by atoms with Crippen LogP contribution in [0.1, 0.15) is 10.7 Å². The average molecular weight is 639 g/mol. The molecule has 0 N–H and O–H groups in total. The van der Waals surface area contributed by atoms with E-state index in [1.165, 1.54) is 0 Å². The summed E-state index contributed by atoms with van der Waals surface area (Å²) < 4.78 is 40.2. The van der Waals surface area contributed by atoms with Crippen molar-refractivity contribution in [3.05, 3.63) is 55.6 Å². The van der Waals surface area contributed by atoms with Gasteiger partial charge in [-0.3, -0.25) is 4.67 Å². The maximum Gasteiger partial charge on any atom is 0 e. The Balaban J connectivity index is -0.000000153. The summed E-state index contributed by atoms with van der Waals surface area (Å²) in [7, 11) is 0.322. The van der Waals surface area contributed by atoms with E-state index in [0.717, 1.165) is 10.7 Å². The molecule has 1 aliphatic heterocycles. The molecule has 0 radical (unpaired) electrons. The second-order valence-corrected chi connectivity index (χ2v) is 23.0. The molecule has 2 heterocycles. The molecule has 0 aromatic carbocycles. The van der Waals surface area contributed by atoms with Crippen LogP contribution < -0.4 is 0 Å². The molecule has 3 atom stereocenters. The molecular weight excluding hydrogens is 613 g/mol. The van der Waals surface area contributed by atoms with Crippen molar-refractivity contribution >= 4 is 35.6 Å². The molecule has 0 amide bonds. The molecule has 29 heavy (non-hydrogen) atoms. The van der Waals surface area contributed by atoms with Crippen molar-refractivity contribution in [1.82, 2.24) is 4.67 Å². The van der Waals surface area contributed by atoms with Gasteiger partial charge in [-0.2, -0.15) is 0 Å². The van der Waals surface area contributed by atoms with Crippen LogP contribution in [-0.4, -0.2) is 32.8 Å². The Hall–Kier alpha value is -0.0879. The molecule has 1 fully saturated rings. The van der Waals surface area contributed by atoms with Gasteiger partial charge in [-0.25, -0.2) is 0 Å². The van der Waals surface area contributed by atoms with Gasteiger partial charge in [0.15, 0.2) is 0 Å². The molecule has 6 nitrogen and oxygen atoms in total. The summed E-state index contributed by atoms with van der Waals surface area (Å²) in [5, 5.41) is 2.23. The molecule has 1 aliphatic rings. The Morgan fingerprint density at radius 2 is 1.21 bits per heavy atom. The van der Waals surface area contributed by atoms with Gasteiger partial charge in [-0.05, 0) is 31.5 Å². The van der Waals surface area contributed by atoms with Crippen molar-refractivity contribution in [2.75, 3.05) is 7.05 Å².